The van der Waals surface area contributed by atoms with Gasteiger partial charge in [0, 0.05) is 37.7 Å². The minimum Gasteiger partial charge on any atom is -0.296 e. The van der Waals surface area contributed by atoms with Gasteiger partial charge in [0.25, 0.3) is 0 Å². The molecule has 2 aromatic carbocycles. The molecule has 0 amide bonds. The summed E-state index contributed by atoms with van der Waals surface area (Å²) in [5.41, 5.74) is 3.25. The number of hydrogen-bond donors (Lipinski definition) is 0. The summed E-state index contributed by atoms with van der Waals surface area (Å²) in [5.74, 6) is 0. The van der Waals surface area contributed by atoms with Crippen LogP contribution in [-0.4, -0.2) is 43.8 Å². The Hall–Kier alpha value is -1.40. The summed E-state index contributed by atoms with van der Waals surface area (Å²) in [5, 5.41) is 0.730. The molecule has 0 radical (unpaired) electrons. The molecule has 0 aromatic heterocycles. The number of rotatable bonds is 4. The van der Waals surface area contributed by atoms with Gasteiger partial charge in [-0.2, -0.15) is 4.31 Å². The Balaban J connectivity index is 1.66. The van der Waals surface area contributed by atoms with Crippen LogP contribution in [0.25, 0.3) is 0 Å². The van der Waals surface area contributed by atoms with Gasteiger partial charge in [0.2, 0.25) is 10.0 Å². The van der Waals surface area contributed by atoms with Crippen LogP contribution in [0.2, 0.25) is 5.02 Å². The Morgan fingerprint density at radius 1 is 0.960 bits per heavy atom. The van der Waals surface area contributed by atoms with E-state index >= 15 is 0 Å². The SMILES string of the molecule is Cc1ccc(S(=O)(=O)N2CCN(Cc3cccc(Cl)c3)CC2)cc1C. The second-order valence-electron chi connectivity index (χ2n) is 6.56. The van der Waals surface area contributed by atoms with Gasteiger partial charge in [0.15, 0.2) is 0 Å². The molecule has 4 nitrogen and oxygen atoms in total. The lowest BCUT2D eigenvalue weighted by Crippen LogP contribution is -2.48. The van der Waals surface area contributed by atoms with Crippen LogP contribution in [0, 0.1) is 13.8 Å². The van der Waals surface area contributed by atoms with Crippen molar-refractivity contribution < 1.29 is 8.42 Å². The fourth-order valence-corrected chi connectivity index (χ4v) is 4.77. The molecule has 0 saturated carbocycles. The van der Waals surface area contributed by atoms with Crippen molar-refractivity contribution in [1.29, 1.82) is 0 Å². The normalized spacial score (nSPS) is 16.9. The van der Waals surface area contributed by atoms with Gasteiger partial charge in [0.05, 0.1) is 4.90 Å². The fraction of sp³-hybridized carbons (Fsp3) is 0.368. The average molecular weight is 379 g/mol. The second-order valence-corrected chi connectivity index (χ2v) is 8.93. The molecule has 6 heteroatoms. The van der Waals surface area contributed by atoms with Crippen molar-refractivity contribution >= 4 is 21.6 Å². The van der Waals surface area contributed by atoms with Gasteiger partial charge < -0.3 is 0 Å². The first kappa shape index (κ1) is 18.4. The zero-order valence-corrected chi connectivity index (χ0v) is 16.1. The monoisotopic (exact) mass is 378 g/mol. The molecule has 0 spiro atoms. The number of benzene rings is 2. The number of aryl methyl sites for hydroxylation is 2. The molecule has 0 atom stereocenters. The summed E-state index contributed by atoms with van der Waals surface area (Å²) < 4.78 is 27.3. The Morgan fingerprint density at radius 2 is 1.68 bits per heavy atom. The van der Waals surface area contributed by atoms with E-state index in [9.17, 15) is 8.42 Å². The predicted molar refractivity (Wildman–Crippen MR) is 101 cm³/mol. The van der Waals surface area contributed by atoms with Crippen LogP contribution >= 0.6 is 11.6 Å². The van der Waals surface area contributed by atoms with Crippen LogP contribution in [-0.2, 0) is 16.6 Å². The third-order valence-electron chi connectivity index (χ3n) is 4.74. The van der Waals surface area contributed by atoms with Crippen LogP contribution in [0.1, 0.15) is 16.7 Å². The predicted octanol–water partition coefficient (Wildman–Crippen LogP) is 3.46. The zero-order chi connectivity index (χ0) is 18.0. The molecular weight excluding hydrogens is 356 g/mol. The van der Waals surface area contributed by atoms with Crippen molar-refractivity contribution in [2.45, 2.75) is 25.3 Å². The summed E-state index contributed by atoms with van der Waals surface area (Å²) in [7, 11) is -3.42. The molecule has 1 fully saturated rings. The summed E-state index contributed by atoms with van der Waals surface area (Å²) >= 11 is 6.03. The molecular formula is C19H23ClN2O2S. The van der Waals surface area contributed by atoms with E-state index in [4.69, 9.17) is 11.6 Å². The van der Waals surface area contributed by atoms with E-state index in [-0.39, 0.29) is 0 Å². The highest BCUT2D eigenvalue weighted by Gasteiger charge is 2.28. The molecule has 1 saturated heterocycles. The molecule has 134 valence electrons. The van der Waals surface area contributed by atoms with Crippen LogP contribution < -0.4 is 0 Å². The van der Waals surface area contributed by atoms with Gasteiger partial charge in [-0.25, -0.2) is 8.42 Å². The first-order chi connectivity index (χ1) is 11.9. The Bertz CT molecular complexity index is 859. The number of halogens is 1. The molecule has 0 N–H and O–H groups in total. The van der Waals surface area contributed by atoms with E-state index in [0.29, 0.717) is 18.0 Å². The lowest BCUT2D eigenvalue weighted by atomic mass is 10.1. The lowest BCUT2D eigenvalue weighted by molar-refractivity contribution is 0.181. The molecule has 1 aliphatic heterocycles. The van der Waals surface area contributed by atoms with E-state index in [2.05, 4.69) is 4.90 Å². The van der Waals surface area contributed by atoms with E-state index in [0.717, 1.165) is 41.3 Å². The molecule has 0 bridgehead atoms. The van der Waals surface area contributed by atoms with Gasteiger partial charge >= 0.3 is 0 Å². The summed E-state index contributed by atoms with van der Waals surface area (Å²) in [6, 6.07) is 13.2. The van der Waals surface area contributed by atoms with Crippen molar-refractivity contribution in [3.63, 3.8) is 0 Å². The number of hydrogen-bond acceptors (Lipinski definition) is 3. The Labute approximate surface area is 155 Å². The quantitative estimate of drug-likeness (QED) is 0.818. The van der Waals surface area contributed by atoms with E-state index in [1.54, 1.807) is 16.4 Å². The van der Waals surface area contributed by atoms with Crippen LogP contribution in [0.15, 0.2) is 47.4 Å². The van der Waals surface area contributed by atoms with Gasteiger partial charge in [-0.3, -0.25) is 4.90 Å². The summed E-state index contributed by atoms with van der Waals surface area (Å²) in [6.07, 6.45) is 0. The molecule has 2 aromatic rings. The van der Waals surface area contributed by atoms with Gasteiger partial charge in [-0.1, -0.05) is 29.8 Å². The smallest absolute Gasteiger partial charge is 0.243 e. The molecule has 1 aliphatic rings. The maximum atomic E-state index is 12.9. The van der Waals surface area contributed by atoms with Crippen molar-refractivity contribution in [3.8, 4) is 0 Å². The van der Waals surface area contributed by atoms with E-state index in [1.165, 1.54) is 0 Å². The third kappa shape index (κ3) is 4.23. The van der Waals surface area contributed by atoms with Crippen molar-refractivity contribution in [2.24, 2.45) is 0 Å². The Morgan fingerprint density at radius 3 is 2.32 bits per heavy atom. The molecule has 1 heterocycles. The number of piperazine rings is 1. The largest absolute Gasteiger partial charge is 0.296 e. The first-order valence-electron chi connectivity index (χ1n) is 8.40. The molecule has 3 rings (SSSR count). The maximum absolute atomic E-state index is 12.9. The highest BCUT2D eigenvalue weighted by molar-refractivity contribution is 7.89. The summed E-state index contributed by atoms with van der Waals surface area (Å²) in [6.45, 7) is 7.18. The van der Waals surface area contributed by atoms with Gasteiger partial charge in [0.1, 0.15) is 0 Å². The van der Waals surface area contributed by atoms with Crippen molar-refractivity contribution in [3.05, 3.63) is 64.2 Å². The highest BCUT2D eigenvalue weighted by Crippen LogP contribution is 2.21. The van der Waals surface area contributed by atoms with Crippen LogP contribution in [0.5, 0.6) is 0 Å². The average Bonchev–Trinajstić information content (AvgIpc) is 2.58. The minimum absolute atomic E-state index is 0.388. The van der Waals surface area contributed by atoms with E-state index in [1.807, 2.05) is 44.2 Å². The standard InChI is InChI=1S/C19H23ClN2O2S/c1-15-6-7-19(12-16(15)2)25(23,24)22-10-8-21(9-11-22)14-17-4-3-5-18(20)13-17/h3-7,12-13H,8-11,14H2,1-2H3. The van der Waals surface area contributed by atoms with Gasteiger partial charge in [-0.05, 0) is 54.8 Å². The topological polar surface area (TPSA) is 40.6 Å². The summed E-state index contributed by atoms with van der Waals surface area (Å²) in [4.78, 5) is 2.65. The number of nitrogens with zero attached hydrogens (tertiary/aromatic N) is 2. The van der Waals surface area contributed by atoms with Crippen molar-refractivity contribution in [1.82, 2.24) is 9.21 Å². The maximum Gasteiger partial charge on any atom is 0.243 e. The van der Waals surface area contributed by atoms with E-state index < -0.39 is 10.0 Å². The minimum atomic E-state index is -3.42. The zero-order valence-electron chi connectivity index (χ0n) is 14.6. The van der Waals surface area contributed by atoms with Crippen molar-refractivity contribution in [2.75, 3.05) is 26.2 Å². The lowest BCUT2D eigenvalue weighted by Gasteiger charge is -2.34. The third-order valence-corrected chi connectivity index (χ3v) is 6.87. The second kappa shape index (κ2) is 7.46. The highest BCUT2D eigenvalue weighted by atomic mass is 35.5. The van der Waals surface area contributed by atoms with Crippen LogP contribution in [0.3, 0.4) is 0 Å². The molecule has 25 heavy (non-hydrogen) atoms. The Kier molecular flexibility index (Phi) is 5.49. The molecule has 0 aliphatic carbocycles. The number of sulfonamides is 1. The van der Waals surface area contributed by atoms with Crippen LogP contribution in [0.4, 0.5) is 0 Å². The van der Waals surface area contributed by atoms with Gasteiger partial charge in [-0.15, -0.1) is 0 Å². The fourth-order valence-electron chi connectivity index (χ4n) is 3.04. The first-order valence-corrected chi connectivity index (χ1v) is 10.2. The molecule has 0 unspecified atom stereocenters.